The fraction of sp³-hybridized carbons (Fsp3) is 0.429. The van der Waals surface area contributed by atoms with Crippen LogP contribution in [0, 0.1) is 0 Å². The predicted molar refractivity (Wildman–Crippen MR) is 73.2 cm³/mol. The fourth-order valence-corrected chi connectivity index (χ4v) is 3.21. The number of aryl methyl sites for hydroxylation is 1. The van der Waals surface area contributed by atoms with E-state index < -0.39 is 0 Å². The Hall–Kier alpha value is -1.62. The van der Waals surface area contributed by atoms with Gasteiger partial charge < -0.3 is 9.42 Å². The van der Waals surface area contributed by atoms with Crippen LogP contribution in [-0.2, 0) is 6.42 Å². The average Bonchev–Trinajstić information content (AvgIpc) is 2.99. The highest BCUT2D eigenvalue weighted by Gasteiger charge is 2.35. The second-order valence-electron chi connectivity index (χ2n) is 4.75. The molecule has 1 aliphatic heterocycles. The molecule has 2 aromatic rings. The molecule has 100 valence electrons. The van der Waals surface area contributed by atoms with E-state index in [1.807, 2.05) is 16.3 Å². The van der Waals surface area contributed by atoms with Gasteiger partial charge in [-0.2, -0.15) is 0 Å². The van der Waals surface area contributed by atoms with Gasteiger partial charge in [0.2, 0.25) is 0 Å². The predicted octanol–water partition coefficient (Wildman–Crippen LogP) is 3.28. The molecule has 0 N–H and O–H groups in total. The SMILES string of the molecule is CCCc1cc(C(=O)N2CCC2c2cccs2)no1. The van der Waals surface area contributed by atoms with Crippen LogP contribution in [0.3, 0.4) is 0 Å². The molecular weight excluding hydrogens is 260 g/mol. The lowest BCUT2D eigenvalue weighted by molar-refractivity contribution is 0.0457. The molecule has 1 fully saturated rings. The van der Waals surface area contributed by atoms with Crippen LogP contribution in [0.2, 0.25) is 0 Å². The first-order valence-electron chi connectivity index (χ1n) is 6.59. The molecule has 1 saturated heterocycles. The van der Waals surface area contributed by atoms with Crippen LogP contribution >= 0.6 is 11.3 Å². The van der Waals surface area contributed by atoms with E-state index in [9.17, 15) is 4.79 Å². The highest BCUT2D eigenvalue weighted by molar-refractivity contribution is 7.10. The Kier molecular flexibility index (Phi) is 3.38. The van der Waals surface area contributed by atoms with Crippen LogP contribution in [0.4, 0.5) is 0 Å². The molecule has 0 bridgehead atoms. The summed E-state index contributed by atoms with van der Waals surface area (Å²) in [5, 5.41) is 5.94. The first-order valence-corrected chi connectivity index (χ1v) is 7.47. The van der Waals surface area contributed by atoms with E-state index in [4.69, 9.17) is 4.52 Å². The number of likely N-dealkylation sites (tertiary alicyclic amines) is 1. The number of aromatic nitrogens is 1. The van der Waals surface area contributed by atoms with Gasteiger partial charge in [0.15, 0.2) is 5.69 Å². The van der Waals surface area contributed by atoms with Gasteiger partial charge in [-0.15, -0.1) is 11.3 Å². The van der Waals surface area contributed by atoms with Gasteiger partial charge in [-0.25, -0.2) is 0 Å². The molecule has 3 heterocycles. The van der Waals surface area contributed by atoms with E-state index in [-0.39, 0.29) is 11.9 Å². The summed E-state index contributed by atoms with van der Waals surface area (Å²) in [5.74, 6) is 0.773. The zero-order chi connectivity index (χ0) is 13.2. The number of carbonyl (C=O) groups excluding carboxylic acids is 1. The molecule has 1 aliphatic rings. The lowest BCUT2D eigenvalue weighted by Gasteiger charge is -2.39. The molecule has 19 heavy (non-hydrogen) atoms. The molecule has 0 aromatic carbocycles. The van der Waals surface area contributed by atoms with Gasteiger partial charge in [0.1, 0.15) is 5.76 Å². The van der Waals surface area contributed by atoms with Crippen molar-refractivity contribution in [1.82, 2.24) is 10.1 Å². The number of thiophene rings is 1. The van der Waals surface area contributed by atoms with Crippen LogP contribution in [0.5, 0.6) is 0 Å². The third-order valence-electron chi connectivity index (χ3n) is 3.43. The van der Waals surface area contributed by atoms with Gasteiger partial charge >= 0.3 is 0 Å². The molecule has 0 aliphatic carbocycles. The summed E-state index contributed by atoms with van der Waals surface area (Å²) < 4.78 is 5.18. The summed E-state index contributed by atoms with van der Waals surface area (Å²) in [6.45, 7) is 2.88. The Balaban J connectivity index is 1.73. The molecule has 0 spiro atoms. The number of carbonyl (C=O) groups is 1. The molecule has 1 amide bonds. The van der Waals surface area contributed by atoms with E-state index >= 15 is 0 Å². The largest absolute Gasteiger partial charge is 0.361 e. The minimum atomic E-state index is -0.0178. The van der Waals surface area contributed by atoms with E-state index in [1.54, 1.807) is 17.4 Å². The quantitative estimate of drug-likeness (QED) is 0.861. The number of amides is 1. The van der Waals surface area contributed by atoms with E-state index in [2.05, 4.69) is 18.1 Å². The second-order valence-corrected chi connectivity index (χ2v) is 5.73. The van der Waals surface area contributed by atoms with E-state index in [0.717, 1.165) is 31.6 Å². The molecule has 3 rings (SSSR count). The van der Waals surface area contributed by atoms with Crippen molar-refractivity contribution in [2.45, 2.75) is 32.2 Å². The number of hydrogen-bond donors (Lipinski definition) is 0. The van der Waals surface area contributed by atoms with Crippen molar-refractivity contribution in [3.63, 3.8) is 0 Å². The lowest BCUT2D eigenvalue weighted by atomic mass is 10.0. The van der Waals surface area contributed by atoms with E-state index in [1.165, 1.54) is 4.88 Å². The summed E-state index contributed by atoms with van der Waals surface area (Å²) in [5.41, 5.74) is 0.435. The zero-order valence-electron chi connectivity index (χ0n) is 10.8. The summed E-state index contributed by atoms with van der Waals surface area (Å²) in [6.07, 6.45) is 2.85. The summed E-state index contributed by atoms with van der Waals surface area (Å²) >= 11 is 1.70. The van der Waals surface area contributed by atoms with Gasteiger partial charge in [-0.3, -0.25) is 4.79 Å². The molecule has 5 heteroatoms. The molecule has 4 nitrogen and oxygen atoms in total. The normalized spacial score (nSPS) is 18.4. The van der Waals surface area contributed by atoms with Crippen LogP contribution in [0.25, 0.3) is 0 Å². The highest BCUT2D eigenvalue weighted by Crippen LogP contribution is 2.36. The van der Waals surface area contributed by atoms with E-state index in [0.29, 0.717) is 5.69 Å². The van der Waals surface area contributed by atoms with Crippen molar-refractivity contribution in [2.75, 3.05) is 6.54 Å². The summed E-state index contributed by atoms with van der Waals surface area (Å²) in [6, 6.07) is 6.10. The smallest absolute Gasteiger partial charge is 0.276 e. The third kappa shape index (κ3) is 2.30. The second kappa shape index (κ2) is 5.17. The fourth-order valence-electron chi connectivity index (χ4n) is 2.33. The number of nitrogens with zero attached hydrogens (tertiary/aromatic N) is 2. The molecule has 0 radical (unpaired) electrons. The van der Waals surface area contributed by atoms with Crippen LogP contribution in [-0.4, -0.2) is 22.5 Å². The minimum absolute atomic E-state index is 0.0178. The minimum Gasteiger partial charge on any atom is -0.361 e. The average molecular weight is 276 g/mol. The van der Waals surface area contributed by atoms with Crippen LogP contribution in [0.15, 0.2) is 28.1 Å². The standard InChI is InChI=1S/C14H16N2O2S/c1-2-4-10-9-11(15-18-10)14(17)16-7-6-12(16)13-5-3-8-19-13/h3,5,8-9,12H,2,4,6-7H2,1H3. The lowest BCUT2D eigenvalue weighted by Crippen LogP contribution is -2.44. The van der Waals surface area contributed by atoms with Crippen molar-refractivity contribution in [3.8, 4) is 0 Å². The van der Waals surface area contributed by atoms with Crippen molar-refractivity contribution in [1.29, 1.82) is 0 Å². The Morgan fingerprint density at radius 1 is 1.63 bits per heavy atom. The van der Waals surface area contributed by atoms with Crippen molar-refractivity contribution in [2.24, 2.45) is 0 Å². The van der Waals surface area contributed by atoms with Gasteiger partial charge in [-0.05, 0) is 24.3 Å². The van der Waals surface area contributed by atoms with Crippen molar-refractivity contribution in [3.05, 3.63) is 39.9 Å². The van der Waals surface area contributed by atoms with Gasteiger partial charge in [-0.1, -0.05) is 18.1 Å². The molecule has 1 atom stereocenters. The summed E-state index contributed by atoms with van der Waals surface area (Å²) in [7, 11) is 0. The highest BCUT2D eigenvalue weighted by atomic mass is 32.1. The maximum absolute atomic E-state index is 12.4. The molecule has 2 aromatic heterocycles. The van der Waals surface area contributed by atoms with Crippen LogP contribution in [0.1, 0.15) is 46.9 Å². The van der Waals surface area contributed by atoms with Crippen molar-refractivity contribution < 1.29 is 9.32 Å². The Morgan fingerprint density at radius 2 is 2.53 bits per heavy atom. The Morgan fingerprint density at radius 3 is 3.16 bits per heavy atom. The Labute approximate surface area is 116 Å². The van der Waals surface area contributed by atoms with Crippen LogP contribution < -0.4 is 0 Å². The first kappa shape index (κ1) is 12.4. The Bertz CT molecular complexity index is 562. The number of hydrogen-bond acceptors (Lipinski definition) is 4. The van der Waals surface area contributed by atoms with Gasteiger partial charge in [0, 0.05) is 23.9 Å². The summed E-state index contributed by atoms with van der Waals surface area (Å²) in [4.78, 5) is 15.5. The van der Waals surface area contributed by atoms with Crippen molar-refractivity contribution >= 4 is 17.2 Å². The third-order valence-corrected chi connectivity index (χ3v) is 4.40. The number of rotatable bonds is 4. The topological polar surface area (TPSA) is 46.3 Å². The van der Waals surface area contributed by atoms with Gasteiger partial charge in [0.05, 0.1) is 6.04 Å². The maximum Gasteiger partial charge on any atom is 0.276 e. The molecule has 1 unspecified atom stereocenters. The first-order chi connectivity index (χ1) is 9.29. The molecular formula is C14H16N2O2S. The van der Waals surface area contributed by atoms with Gasteiger partial charge in [0.25, 0.3) is 5.91 Å². The zero-order valence-corrected chi connectivity index (χ0v) is 11.7. The maximum atomic E-state index is 12.4. The molecule has 0 saturated carbocycles. The monoisotopic (exact) mass is 276 g/mol.